The molecule has 2 rings (SSSR count). The van der Waals surface area contributed by atoms with Gasteiger partial charge in [-0.3, -0.25) is 4.90 Å². The van der Waals surface area contributed by atoms with Gasteiger partial charge in [-0.15, -0.1) is 0 Å². The normalized spacial score (nSPS) is 45.5. The number of ether oxygens (including phenoxy) is 1. The molecule has 2 heterocycles. The van der Waals surface area contributed by atoms with Crippen molar-refractivity contribution in [1.29, 1.82) is 0 Å². The molecule has 13 heavy (non-hydrogen) atoms. The first kappa shape index (κ1) is 9.41. The highest BCUT2D eigenvalue weighted by molar-refractivity contribution is 5.05. The van der Waals surface area contributed by atoms with Crippen molar-refractivity contribution in [2.75, 3.05) is 20.2 Å². The van der Waals surface area contributed by atoms with Crippen molar-refractivity contribution in [2.45, 2.75) is 44.0 Å². The molecule has 76 valence electrons. The summed E-state index contributed by atoms with van der Waals surface area (Å²) in [5.74, 6) is 0. The maximum atomic E-state index is 13.2. The van der Waals surface area contributed by atoms with Crippen LogP contribution < -0.4 is 0 Å². The average molecular weight is 187 g/mol. The minimum Gasteiger partial charge on any atom is -0.380 e. The van der Waals surface area contributed by atoms with E-state index < -0.39 is 6.17 Å². The lowest BCUT2D eigenvalue weighted by Crippen LogP contribution is -2.37. The molecular formula is C10H18FNO. The third-order valence-electron chi connectivity index (χ3n) is 3.71. The zero-order valence-corrected chi connectivity index (χ0v) is 8.42. The lowest BCUT2D eigenvalue weighted by molar-refractivity contribution is 0.104. The minimum atomic E-state index is -0.613. The van der Waals surface area contributed by atoms with Gasteiger partial charge in [0.15, 0.2) is 0 Å². The van der Waals surface area contributed by atoms with Gasteiger partial charge in [-0.05, 0) is 19.3 Å². The zero-order chi connectivity index (χ0) is 9.47. The summed E-state index contributed by atoms with van der Waals surface area (Å²) in [6.07, 6.45) is 2.49. The van der Waals surface area contributed by atoms with Gasteiger partial charge in [-0.1, -0.05) is 6.92 Å². The van der Waals surface area contributed by atoms with Crippen molar-refractivity contribution in [3.05, 3.63) is 0 Å². The Morgan fingerprint density at radius 1 is 1.46 bits per heavy atom. The highest BCUT2D eigenvalue weighted by Gasteiger charge is 2.50. The van der Waals surface area contributed by atoms with Gasteiger partial charge in [-0.2, -0.15) is 0 Å². The Morgan fingerprint density at radius 3 is 2.77 bits per heavy atom. The minimum absolute atomic E-state index is 0.125. The first-order valence-corrected chi connectivity index (χ1v) is 5.12. The summed E-state index contributed by atoms with van der Waals surface area (Å²) in [6, 6.07) is 0. The molecule has 0 aliphatic carbocycles. The first-order chi connectivity index (χ1) is 6.20. The van der Waals surface area contributed by atoms with Gasteiger partial charge in [0.1, 0.15) is 6.17 Å². The SMILES string of the molecule is CC[C@@]12C[C@H](F)CN1C[C@H](OC)C2. The topological polar surface area (TPSA) is 12.5 Å². The van der Waals surface area contributed by atoms with E-state index in [9.17, 15) is 4.39 Å². The molecule has 0 bridgehead atoms. The number of alkyl halides is 1. The third-order valence-corrected chi connectivity index (χ3v) is 3.71. The molecule has 0 spiro atoms. The summed E-state index contributed by atoms with van der Waals surface area (Å²) in [5, 5.41) is 0. The monoisotopic (exact) mass is 187 g/mol. The largest absolute Gasteiger partial charge is 0.380 e. The van der Waals surface area contributed by atoms with Crippen molar-refractivity contribution in [2.24, 2.45) is 0 Å². The van der Waals surface area contributed by atoms with E-state index >= 15 is 0 Å². The summed E-state index contributed by atoms with van der Waals surface area (Å²) >= 11 is 0. The molecule has 2 aliphatic rings. The van der Waals surface area contributed by atoms with Crippen LogP contribution in [0.1, 0.15) is 26.2 Å². The van der Waals surface area contributed by atoms with Crippen molar-refractivity contribution in [1.82, 2.24) is 4.90 Å². The smallest absolute Gasteiger partial charge is 0.115 e. The van der Waals surface area contributed by atoms with Gasteiger partial charge in [0.2, 0.25) is 0 Å². The highest BCUT2D eigenvalue weighted by Crippen LogP contribution is 2.42. The van der Waals surface area contributed by atoms with E-state index in [4.69, 9.17) is 4.74 Å². The van der Waals surface area contributed by atoms with Gasteiger partial charge in [0.05, 0.1) is 6.10 Å². The zero-order valence-electron chi connectivity index (χ0n) is 8.42. The van der Waals surface area contributed by atoms with Gasteiger partial charge in [0, 0.05) is 25.7 Å². The van der Waals surface area contributed by atoms with Crippen LogP contribution in [0.25, 0.3) is 0 Å². The second-order valence-electron chi connectivity index (χ2n) is 4.35. The van der Waals surface area contributed by atoms with Gasteiger partial charge in [0.25, 0.3) is 0 Å². The Bertz CT molecular complexity index is 199. The number of halogens is 1. The van der Waals surface area contributed by atoms with Crippen LogP contribution in [0, 0.1) is 0 Å². The molecule has 0 aromatic carbocycles. The molecule has 2 aliphatic heterocycles. The lowest BCUT2D eigenvalue weighted by Gasteiger charge is -2.29. The van der Waals surface area contributed by atoms with Gasteiger partial charge < -0.3 is 4.74 Å². The molecule has 0 aromatic heterocycles. The summed E-state index contributed by atoms with van der Waals surface area (Å²) in [7, 11) is 1.75. The van der Waals surface area contributed by atoms with Gasteiger partial charge in [-0.25, -0.2) is 4.39 Å². The Kier molecular flexibility index (Phi) is 2.32. The maximum Gasteiger partial charge on any atom is 0.115 e. The van der Waals surface area contributed by atoms with Crippen molar-refractivity contribution in [3.63, 3.8) is 0 Å². The number of rotatable bonds is 2. The second-order valence-corrected chi connectivity index (χ2v) is 4.35. The van der Waals surface area contributed by atoms with Crippen LogP contribution in [0.15, 0.2) is 0 Å². The first-order valence-electron chi connectivity index (χ1n) is 5.12. The van der Waals surface area contributed by atoms with Crippen LogP contribution in [0.2, 0.25) is 0 Å². The molecule has 3 atom stereocenters. The molecule has 2 saturated heterocycles. The number of hydrogen-bond acceptors (Lipinski definition) is 2. The summed E-state index contributed by atoms with van der Waals surface area (Å²) < 4.78 is 18.6. The number of methoxy groups -OCH3 is 1. The summed E-state index contributed by atoms with van der Waals surface area (Å²) in [5.41, 5.74) is 0.125. The maximum absolute atomic E-state index is 13.2. The Labute approximate surface area is 79.1 Å². The van der Waals surface area contributed by atoms with E-state index in [2.05, 4.69) is 11.8 Å². The molecular weight excluding hydrogens is 169 g/mol. The quantitative estimate of drug-likeness (QED) is 0.651. The predicted molar refractivity (Wildman–Crippen MR) is 49.5 cm³/mol. The van der Waals surface area contributed by atoms with Crippen LogP contribution in [-0.2, 0) is 4.74 Å². The Hall–Kier alpha value is -0.150. The molecule has 0 N–H and O–H groups in total. The molecule has 3 heteroatoms. The van der Waals surface area contributed by atoms with Crippen LogP contribution >= 0.6 is 0 Å². The second kappa shape index (κ2) is 3.21. The third kappa shape index (κ3) is 1.38. The fourth-order valence-electron chi connectivity index (χ4n) is 2.92. The molecule has 2 fully saturated rings. The molecule has 0 aromatic rings. The van der Waals surface area contributed by atoms with E-state index in [1.807, 2.05) is 0 Å². The fraction of sp³-hybridized carbons (Fsp3) is 1.00. The number of fused-ring (bicyclic) bond motifs is 1. The van der Waals surface area contributed by atoms with Crippen molar-refractivity contribution >= 4 is 0 Å². The highest BCUT2D eigenvalue weighted by atomic mass is 19.1. The van der Waals surface area contributed by atoms with Crippen molar-refractivity contribution in [3.8, 4) is 0 Å². The molecule has 0 saturated carbocycles. The van der Waals surface area contributed by atoms with E-state index in [0.717, 1.165) is 19.4 Å². The standard InChI is InChI=1S/C10H18FNO/c1-3-10-4-8(11)6-12(10)7-9(5-10)13-2/h8-9H,3-7H2,1-2H3/t8-,9+,10-/m0/s1. The van der Waals surface area contributed by atoms with E-state index in [-0.39, 0.29) is 5.54 Å². The number of hydrogen-bond donors (Lipinski definition) is 0. The molecule has 0 amide bonds. The van der Waals surface area contributed by atoms with Crippen LogP contribution in [0.3, 0.4) is 0 Å². The van der Waals surface area contributed by atoms with Crippen LogP contribution in [-0.4, -0.2) is 42.9 Å². The van der Waals surface area contributed by atoms with Crippen LogP contribution in [0.4, 0.5) is 4.39 Å². The fourth-order valence-corrected chi connectivity index (χ4v) is 2.92. The van der Waals surface area contributed by atoms with Crippen LogP contribution in [0.5, 0.6) is 0 Å². The Balaban J connectivity index is 2.10. The Morgan fingerprint density at radius 2 is 2.23 bits per heavy atom. The van der Waals surface area contributed by atoms with E-state index in [1.54, 1.807) is 7.11 Å². The average Bonchev–Trinajstić information content (AvgIpc) is 2.57. The molecule has 2 nitrogen and oxygen atoms in total. The predicted octanol–water partition coefficient (Wildman–Crippen LogP) is 1.60. The molecule has 0 unspecified atom stereocenters. The van der Waals surface area contributed by atoms with Gasteiger partial charge >= 0.3 is 0 Å². The lowest BCUT2D eigenvalue weighted by atomic mass is 9.90. The molecule has 0 radical (unpaired) electrons. The van der Waals surface area contributed by atoms with Crippen molar-refractivity contribution < 1.29 is 9.13 Å². The summed E-state index contributed by atoms with van der Waals surface area (Å²) in [4.78, 5) is 2.28. The van der Waals surface area contributed by atoms with E-state index in [0.29, 0.717) is 19.1 Å². The number of nitrogens with zero attached hydrogens (tertiary/aromatic N) is 1. The van der Waals surface area contributed by atoms with E-state index in [1.165, 1.54) is 0 Å². The summed E-state index contributed by atoms with van der Waals surface area (Å²) in [6.45, 7) is 3.70.